The molecule has 0 N–H and O–H groups in total. The Balaban J connectivity index is 2.96. The highest BCUT2D eigenvalue weighted by atomic mass is 14.7. The molecule has 0 bridgehead atoms. The minimum atomic E-state index is 0.964. The maximum Gasteiger partial charge on any atom is 0.0697 e. The normalized spacial score (nSPS) is 10.4. The van der Waals surface area contributed by atoms with E-state index in [-0.39, 0.29) is 0 Å². The second-order valence-electron chi connectivity index (χ2n) is 2.48. The van der Waals surface area contributed by atoms with Crippen LogP contribution < -0.4 is 0 Å². The number of para-hydroxylation sites is 1. The monoisotopic (exact) mass is 159 g/mol. The molecule has 0 atom stereocenters. The summed E-state index contributed by atoms with van der Waals surface area (Å²) in [5.41, 5.74) is 2.08. The van der Waals surface area contributed by atoms with E-state index in [1.54, 1.807) is 0 Å². The quantitative estimate of drug-likeness (QED) is 0.599. The molecule has 0 fully saturated rings. The molecule has 0 heterocycles. The molecule has 0 spiro atoms. The van der Waals surface area contributed by atoms with Crippen molar-refractivity contribution < 1.29 is 0 Å². The van der Waals surface area contributed by atoms with Crippen LogP contribution in [0.5, 0.6) is 0 Å². The van der Waals surface area contributed by atoms with Gasteiger partial charge in [0.1, 0.15) is 0 Å². The lowest BCUT2D eigenvalue weighted by atomic mass is 10.2. The summed E-state index contributed by atoms with van der Waals surface area (Å²) in [5.74, 6) is 0. The standard InChI is InChI=1S/C11H13N/c1-3-9-12-11-8-6-5-7-10(11)4-2/h4-9H,2-3H2,1H3. The summed E-state index contributed by atoms with van der Waals surface area (Å²) in [5, 5.41) is 0. The average molecular weight is 159 g/mol. The van der Waals surface area contributed by atoms with Crippen molar-refractivity contribution in [1.82, 2.24) is 0 Å². The Morgan fingerprint density at radius 2 is 2.17 bits per heavy atom. The molecular formula is C11H13N. The summed E-state index contributed by atoms with van der Waals surface area (Å²) < 4.78 is 0. The van der Waals surface area contributed by atoms with E-state index in [1.165, 1.54) is 0 Å². The maximum atomic E-state index is 4.30. The summed E-state index contributed by atoms with van der Waals surface area (Å²) in [6.07, 6.45) is 4.69. The van der Waals surface area contributed by atoms with Crippen molar-refractivity contribution in [2.24, 2.45) is 4.99 Å². The predicted octanol–water partition coefficient (Wildman–Crippen LogP) is 3.44. The highest BCUT2D eigenvalue weighted by Crippen LogP contribution is 2.18. The van der Waals surface area contributed by atoms with Crippen molar-refractivity contribution in [2.45, 2.75) is 13.3 Å². The zero-order valence-corrected chi connectivity index (χ0v) is 7.33. The van der Waals surface area contributed by atoms with Crippen LogP contribution in [0.1, 0.15) is 18.9 Å². The molecule has 0 aromatic heterocycles. The van der Waals surface area contributed by atoms with Gasteiger partial charge in [0.25, 0.3) is 0 Å². The Hall–Kier alpha value is -1.37. The van der Waals surface area contributed by atoms with Gasteiger partial charge in [-0.15, -0.1) is 0 Å². The van der Waals surface area contributed by atoms with Gasteiger partial charge in [-0.25, -0.2) is 0 Å². The second kappa shape index (κ2) is 4.50. The first-order valence-corrected chi connectivity index (χ1v) is 4.12. The molecule has 0 radical (unpaired) electrons. The molecule has 1 aromatic rings. The van der Waals surface area contributed by atoms with Gasteiger partial charge in [0.05, 0.1) is 5.69 Å². The summed E-state index contributed by atoms with van der Waals surface area (Å²) in [7, 11) is 0. The van der Waals surface area contributed by atoms with Gasteiger partial charge in [-0.2, -0.15) is 0 Å². The van der Waals surface area contributed by atoms with Crippen LogP contribution in [0, 0.1) is 0 Å². The summed E-state index contributed by atoms with van der Waals surface area (Å²) >= 11 is 0. The Morgan fingerprint density at radius 3 is 2.83 bits per heavy atom. The third-order valence-corrected chi connectivity index (χ3v) is 1.57. The van der Waals surface area contributed by atoms with E-state index in [0.29, 0.717) is 0 Å². The number of aliphatic imine (C=N–C) groups is 1. The van der Waals surface area contributed by atoms with Crippen LogP contribution in [0.25, 0.3) is 6.08 Å². The summed E-state index contributed by atoms with van der Waals surface area (Å²) in [6, 6.07) is 7.97. The van der Waals surface area contributed by atoms with E-state index >= 15 is 0 Å². The SMILES string of the molecule is C=Cc1ccccc1N=CCC. The molecule has 1 rings (SSSR count). The number of hydrogen-bond donors (Lipinski definition) is 0. The van der Waals surface area contributed by atoms with Gasteiger partial charge in [-0.05, 0) is 18.1 Å². The Labute approximate surface area is 73.5 Å². The number of nitrogens with zero attached hydrogens (tertiary/aromatic N) is 1. The van der Waals surface area contributed by atoms with Crippen LogP contribution in [-0.2, 0) is 0 Å². The average Bonchev–Trinajstić information content (AvgIpc) is 2.15. The fourth-order valence-corrected chi connectivity index (χ4v) is 0.967. The third kappa shape index (κ3) is 2.06. The summed E-state index contributed by atoms with van der Waals surface area (Å²) in [6.45, 7) is 5.80. The van der Waals surface area contributed by atoms with Crippen LogP contribution in [0.3, 0.4) is 0 Å². The molecule has 0 saturated heterocycles. The lowest BCUT2D eigenvalue weighted by molar-refractivity contribution is 1.31. The summed E-state index contributed by atoms with van der Waals surface area (Å²) in [4.78, 5) is 4.30. The predicted molar refractivity (Wildman–Crippen MR) is 55.0 cm³/mol. The first-order valence-electron chi connectivity index (χ1n) is 4.12. The molecule has 0 aliphatic rings. The first-order chi connectivity index (χ1) is 5.88. The van der Waals surface area contributed by atoms with Crippen LogP contribution in [-0.4, -0.2) is 6.21 Å². The van der Waals surface area contributed by atoms with Gasteiger partial charge in [0.15, 0.2) is 0 Å². The molecule has 12 heavy (non-hydrogen) atoms. The van der Waals surface area contributed by atoms with Gasteiger partial charge < -0.3 is 0 Å². The van der Waals surface area contributed by atoms with Crippen molar-refractivity contribution in [3.63, 3.8) is 0 Å². The lowest BCUT2D eigenvalue weighted by Gasteiger charge is -1.97. The van der Waals surface area contributed by atoms with Gasteiger partial charge in [-0.1, -0.05) is 37.8 Å². The zero-order chi connectivity index (χ0) is 8.81. The van der Waals surface area contributed by atoms with E-state index in [1.807, 2.05) is 36.6 Å². The van der Waals surface area contributed by atoms with Crippen molar-refractivity contribution in [3.8, 4) is 0 Å². The Morgan fingerprint density at radius 1 is 1.42 bits per heavy atom. The fourth-order valence-electron chi connectivity index (χ4n) is 0.967. The van der Waals surface area contributed by atoms with Gasteiger partial charge in [0.2, 0.25) is 0 Å². The number of benzene rings is 1. The lowest BCUT2D eigenvalue weighted by Crippen LogP contribution is -1.74. The van der Waals surface area contributed by atoms with E-state index in [0.717, 1.165) is 17.7 Å². The fraction of sp³-hybridized carbons (Fsp3) is 0.182. The van der Waals surface area contributed by atoms with E-state index < -0.39 is 0 Å². The molecule has 0 aliphatic heterocycles. The second-order valence-corrected chi connectivity index (χ2v) is 2.48. The van der Waals surface area contributed by atoms with Gasteiger partial charge >= 0.3 is 0 Å². The Kier molecular flexibility index (Phi) is 3.27. The van der Waals surface area contributed by atoms with Crippen LogP contribution >= 0.6 is 0 Å². The van der Waals surface area contributed by atoms with Gasteiger partial charge in [-0.3, -0.25) is 4.99 Å². The van der Waals surface area contributed by atoms with Crippen LogP contribution in [0.4, 0.5) is 5.69 Å². The van der Waals surface area contributed by atoms with Crippen LogP contribution in [0.15, 0.2) is 35.8 Å². The van der Waals surface area contributed by atoms with E-state index in [2.05, 4.69) is 18.5 Å². The maximum absolute atomic E-state index is 4.30. The van der Waals surface area contributed by atoms with Crippen molar-refractivity contribution in [1.29, 1.82) is 0 Å². The molecule has 1 heteroatoms. The molecular weight excluding hydrogens is 146 g/mol. The smallest absolute Gasteiger partial charge is 0.0697 e. The zero-order valence-electron chi connectivity index (χ0n) is 7.33. The van der Waals surface area contributed by atoms with Crippen molar-refractivity contribution in [3.05, 3.63) is 36.4 Å². The molecule has 1 aromatic carbocycles. The highest BCUT2D eigenvalue weighted by Gasteiger charge is 1.92. The van der Waals surface area contributed by atoms with Crippen molar-refractivity contribution in [2.75, 3.05) is 0 Å². The molecule has 0 saturated carbocycles. The number of hydrogen-bond acceptors (Lipinski definition) is 1. The van der Waals surface area contributed by atoms with E-state index in [9.17, 15) is 0 Å². The van der Waals surface area contributed by atoms with Crippen LogP contribution in [0.2, 0.25) is 0 Å². The minimum absolute atomic E-state index is 0.964. The molecule has 1 nitrogen and oxygen atoms in total. The largest absolute Gasteiger partial charge is 0.261 e. The molecule has 0 aliphatic carbocycles. The van der Waals surface area contributed by atoms with Gasteiger partial charge in [0, 0.05) is 6.21 Å². The minimum Gasteiger partial charge on any atom is -0.261 e. The molecule has 0 amide bonds. The topological polar surface area (TPSA) is 12.4 Å². The molecule has 0 unspecified atom stereocenters. The third-order valence-electron chi connectivity index (χ3n) is 1.57. The first kappa shape index (κ1) is 8.72. The van der Waals surface area contributed by atoms with E-state index in [4.69, 9.17) is 0 Å². The molecule has 62 valence electrons. The van der Waals surface area contributed by atoms with Crippen molar-refractivity contribution >= 4 is 18.0 Å². The Bertz CT molecular complexity index is 287. The number of rotatable bonds is 3. The highest BCUT2D eigenvalue weighted by molar-refractivity contribution is 5.69.